The SMILES string of the molecule is CCCC/C=C/C(=O)/C=C/C1C(C)=CCCC1(C)C. The summed E-state index contributed by atoms with van der Waals surface area (Å²) >= 11 is 0. The molecule has 0 aromatic heterocycles. The van der Waals surface area contributed by atoms with Gasteiger partial charge >= 0.3 is 0 Å². The van der Waals surface area contributed by atoms with E-state index >= 15 is 0 Å². The Kier molecular flexibility index (Phi) is 6.27. The molecule has 1 unspecified atom stereocenters. The third kappa shape index (κ3) is 5.18. The summed E-state index contributed by atoms with van der Waals surface area (Å²) in [7, 11) is 0. The summed E-state index contributed by atoms with van der Waals surface area (Å²) in [5.74, 6) is 0.513. The van der Waals surface area contributed by atoms with Crippen LogP contribution < -0.4 is 0 Å². The first-order valence-electron chi connectivity index (χ1n) is 7.52. The van der Waals surface area contributed by atoms with Crippen molar-refractivity contribution >= 4 is 5.78 Å². The van der Waals surface area contributed by atoms with Crippen molar-refractivity contribution in [2.45, 2.75) is 59.8 Å². The van der Waals surface area contributed by atoms with Crippen LogP contribution in [0.3, 0.4) is 0 Å². The molecule has 1 nitrogen and oxygen atoms in total. The summed E-state index contributed by atoms with van der Waals surface area (Å²) in [4.78, 5) is 11.8. The highest BCUT2D eigenvalue weighted by Crippen LogP contribution is 2.41. The average Bonchev–Trinajstić information content (AvgIpc) is 2.33. The van der Waals surface area contributed by atoms with Crippen LogP contribution in [0, 0.1) is 11.3 Å². The molecule has 0 aromatic rings. The van der Waals surface area contributed by atoms with E-state index in [2.05, 4.69) is 39.8 Å². The summed E-state index contributed by atoms with van der Waals surface area (Å²) in [5.41, 5.74) is 1.66. The van der Waals surface area contributed by atoms with Crippen LogP contribution in [0.5, 0.6) is 0 Å². The highest BCUT2D eigenvalue weighted by molar-refractivity contribution is 5.99. The number of hydrogen-bond acceptors (Lipinski definition) is 1. The minimum Gasteiger partial charge on any atom is -0.290 e. The summed E-state index contributed by atoms with van der Waals surface area (Å²) < 4.78 is 0. The number of ketones is 1. The van der Waals surface area contributed by atoms with Gasteiger partial charge in [0, 0.05) is 5.92 Å². The van der Waals surface area contributed by atoms with E-state index in [0.29, 0.717) is 5.92 Å². The zero-order valence-electron chi connectivity index (χ0n) is 12.9. The maximum atomic E-state index is 11.8. The van der Waals surface area contributed by atoms with Crippen molar-refractivity contribution in [3.63, 3.8) is 0 Å². The Bertz CT molecular complexity index is 382. The normalized spacial score (nSPS) is 22.9. The van der Waals surface area contributed by atoms with Crippen molar-refractivity contribution < 1.29 is 4.79 Å². The van der Waals surface area contributed by atoms with E-state index in [4.69, 9.17) is 0 Å². The van der Waals surface area contributed by atoms with Crippen LogP contribution in [0.25, 0.3) is 0 Å². The van der Waals surface area contributed by atoms with Gasteiger partial charge in [0.1, 0.15) is 0 Å². The van der Waals surface area contributed by atoms with E-state index in [-0.39, 0.29) is 11.2 Å². The van der Waals surface area contributed by atoms with Crippen molar-refractivity contribution in [3.8, 4) is 0 Å². The highest BCUT2D eigenvalue weighted by atomic mass is 16.1. The van der Waals surface area contributed by atoms with Gasteiger partial charge in [-0.3, -0.25) is 4.79 Å². The van der Waals surface area contributed by atoms with Crippen LogP contribution in [0.4, 0.5) is 0 Å². The Balaban J connectivity index is 2.59. The third-order valence-electron chi connectivity index (χ3n) is 4.05. The number of allylic oxidation sites excluding steroid dienone is 6. The Hall–Kier alpha value is -1.11. The molecule has 1 rings (SSSR count). The molecule has 0 aliphatic heterocycles. The van der Waals surface area contributed by atoms with Crippen molar-refractivity contribution in [1.82, 2.24) is 0 Å². The Morgan fingerprint density at radius 3 is 2.79 bits per heavy atom. The lowest BCUT2D eigenvalue weighted by atomic mass is 9.68. The first kappa shape index (κ1) is 15.9. The maximum absolute atomic E-state index is 11.8. The van der Waals surface area contributed by atoms with E-state index < -0.39 is 0 Å². The molecule has 0 radical (unpaired) electrons. The van der Waals surface area contributed by atoms with E-state index in [1.807, 2.05) is 6.08 Å². The fourth-order valence-electron chi connectivity index (χ4n) is 2.75. The first-order valence-corrected chi connectivity index (χ1v) is 7.52. The summed E-state index contributed by atoms with van der Waals surface area (Å²) in [6.07, 6.45) is 15.5. The van der Waals surface area contributed by atoms with E-state index in [1.165, 1.54) is 18.4 Å². The van der Waals surface area contributed by atoms with Gasteiger partial charge in [0.2, 0.25) is 0 Å². The molecular weight excluding hydrogens is 232 g/mol. The minimum atomic E-state index is 0.116. The fraction of sp³-hybridized carbons (Fsp3) is 0.611. The Morgan fingerprint density at radius 2 is 2.16 bits per heavy atom. The quantitative estimate of drug-likeness (QED) is 0.362. The lowest BCUT2D eigenvalue weighted by molar-refractivity contribution is -0.110. The molecule has 0 amide bonds. The minimum absolute atomic E-state index is 0.116. The largest absolute Gasteiger partial charge is 0.290 e. The number of hydrogen-bond donors (Lipinski definition) is 0. The van der Waals surface area contributed by atoms with Crippen LogP contribution in [0.1, 0.15) is 59.8 Å². The van der Waals surface area contributed by atoms with Gasteiger partial charge < -0.3 is 0 Å². The van der Waals surface area contributed by atoms with Gasteiger partial charge in [-0.1, -0.05) is 57.4 Å². The molecular formula is C18H28O. The molecule has 1 heteroatoms. The van der Waals surface area contributed by atoms with Gasteiger partial charge in [-0.2, -0.15) is 0 Å². The number of carbonyl (C=O) groups is 1. The van der Waals surface area contributed by atoms with Crippen LogP contribution in [-0.2, 0) is 4.79 Å². The standard InChI is InChI=1S/C18H28O/c1-5-6-7-8-11-16(19)12-13-17-15(2)10-9-14-18(17,3)4/h8,10-13,17H,5-7,9,14H2,1-4H3/b11-8+,13-12+. The maximum Gasteiger partial charge on any atom is 0.178 e. The molecule has 1 aliphatic rings. The van der Waals surface area contributed by atoms with E-state index in [1.54, 1.807) is 12.2 Å². The van der Waals surface area contributed by atoms with Crippen molar-refractivity contribution in [1.29, 1.82) is 0 Å². The van der Waals surface area contributed by atoms with Crippen LogP contribution in [0.15, 0.2) is 36.0 Å². The first-order chi connectivity index (χ1) is 8.97. The second kappa shape index (κ2) is 7.47. The lowest BCUT2D eigenvalue weighted by Crippen LogP contribution is -2.26. The van der Waals surface area contributed by atoms with E-state index in [9.17, 15) is 4.79 Å². The third-order valence-corrected chi connectivity index (χ3v) is 4.05. The molecule has 0 saturated heterocycles. The van der Waals surface area contributed by atoms with Crippen molar-refractivity contribution in [2.75, 3.05) is 0 Å². The van der Waals surface area contributed by atoms with Gasteiger partial charge in [0.25, 0.3) is 0 Å². The summed E-state index contributed by atoms with van der Waals surface area (Å²) in [5, 5.41) is 0. The van der Waals surface area contributed by atoms with Crippen molar-refractivity contribution in [3.05, 3.63) is 36.0 Å². The lowest BCUT2D eigenvalue weighted by Gasteiger charge is -2.36. The topological polar surface area (TPSA) is 17.1 Å². The van der Waals surface area contributed by atoms with Crippen molar-refractivity contribution in [2.24, 2.45) is 11.3 Å². The van der Waals surface area contributed by atoms with Gasteiger partial charge in [-0.15, -0.1) is 0 Å². The van der Waals surface area contributed by atoms with Gasteiger partial charge in [-0.25, -0.2) is 0 Å². The Labute approximate surface area is 118 Å². The number of rotatable bonds is 6. The highest BCUT2D eigenvalue weighted by Gasteiger charge is 2.30. The van der Waals surface area contributed by atoms with Gasteiger partial charge in [0.05, 0.1) is 0 Å². The van der Waals surface area contributed by atoms with Crippen LogP contribution in [0.2, 0.25) is 0 Å². The molecule has 0 saturated carbocycles. The molecule has 0 spiro atoms. The summed E-state index contributed by atoms with van der Waals surface area (Å²) in [6, 6.07) is 0. The predicted octanol–water partition coefficient (Wildman–Crippen LogP) is 5.24. The monoisotopic (exact) mass is 260 g/mol. The fourth-order valence-corrected chi connectivity index (χ4v) is 2.75. The molecule has 0 fully saturated rings. The average molecular weight is 260 g/mol. The summed E-state index contributed by atoms with van der Waals surface area (Å²) in [6.45, 7) is 8.92. The van der Waals surface area contributed by atoms with Gasteiger partial charge in [-0.05, 0) is 43.8 Å². The molecule has 19 heavy (non-hydrogen) atoms. The number of carbonyl (C=O) groups excluding carboxylic acids is 1. The van der Waals surface area contributed by atoms with Gasteiger partial charge in [0.15, 0.2) is 5.78 Å². The zero-order valence-corrected chi connectivity index (χ0v) is 12.9. The predicted molar refractivity (Wildman–Crippen MR) is 83.1 cm³/mol. The molecule has 1 atom stereocenters. The molecule has 1 aliphatic carbocycles. The van der Waals surface area contributed by atoms with Crippen LogP contribution >= 0.6 is 0 Å². The second-order valence-electron chi connectivity index (χ2n) is 6.26. The molecule has 0 N–H and O–H groups in total. The number of unbranched alkanes of at least 4 members (excludes halogenated alkanes) is 2. The smallest absolute Gasteiger partial charge is 0.178 e. The molecule has 0 heterocycles. The molecule has 0 bridgehead atoms. The Morgan fingerprint density at radius 1 is 1.42 bits per heavy atom. The zero-order chi connectivity index (χ0) is 14.3. The van der Waals surface area contributed by atoms with Crippen LogP contribution in [-0.4, -0.2) is 5.78 Å². The second-order valence-corrected chi connectivity index (χ2v) is 6.26. The van der Waals surface area contributed by atoms with E-state index in [0.717, 1.165) is 19.3 Å². The molecule has 0 aromatic carbocycles. The molecule has 106 valence electrons.